The molecule has 2 heterocycles. The van der Waals surface area contributed by atoms with Crippen LogP contribution in [0.4, 0.5) is 0 Å². The van der Waals surface area contributed by atoms with E-state index in [0.717, 1.165) is 19.4 Å². The van der Waals surface area contributed by atoms with E-state index in [4.69, 9.17) is 16.3 Å². The molecule has 0 bridgehead atoms. The Labute approximate surface area is 126 Å². The lowest BCUT2D eigenvalue weighted by atomic mass is 10.2. The highest BCUT2D eigenvalue weighted by molar-refractivity contribution is 6.30. The zero-order valence-corrected chi connectivity index (χ0v) is 12.1. The quantitative estimate of drug-likeness (QED) is 0.813. The van der Waals surface area contributed by atoms with Gasteiger partial charge in [-0.1, -0.05) is 17.7 Å². The van der Waals surface area contributed by atoms with Gasteiger partial charge in [-0.05, 0) is 31.0 Å². The molecule has 1 atom stereocenters. The Morgan fingerprint density at radius 2 is 2.10 bits per heavy atom. The highest BCUT2D eigenvalue weighted by Crippen LogP contribution is 2.14. The first kappa shape index (κ1) is 14.1. The Balaban J connectivity index is 1.96. The van der Waals surface area contributed by atoms with Crippen LogP contribution in [-0.4, -0.2) is 21.8 Å². The summed E-state index contributed by atoms with van der Waals surface area (Å²) in [5, 5.41) is 0.517. The van der Waals surface area contributed by atoms with Crippen molar-refractivity contribution in [2.45, 2.75) is 25.5 Å². The number of aromatic nitrogens is 2. The number of hydrogen-bond donors (Lipinski definition) is 0. The maximum Gasteiger partial charge on any atom is 0.320 e. The monoisotopic (exact) mass is 306 g/mol. The fourth-order valence-corrected chi connectivity index (χ4v) is 2.67. The summed E-state index contributed by atoms with van der Waals surface area (Å²) in [6, 6.07) is 6.83. The average Bonchev–Trinajstić information content (AvgIpc) is 2.97. The Morgan fingerprint density at radius 3 is 2.81 bits per heavy atom. The van der Waals surface area contributed by atoms with Crippen LogP contribution in [0.2, 0.25) is 5.02 Å². The number of nitrogens with zero attached hydrogens (tertiary/aromatic N) is 2. The highest BCUT2D eigenvalue weighted by atomic mass is 35.5. The molecule has 110 valence electrons. The lowest BCUT2D eigenvalue weighted by Gasteiger charge is -2.12. The van der Waals surface area contributed by atoms with Gasteiger partial charge in [0.05, 0.1) is 18.3 Å². The maximum atomic E-state index is 12.2. The van der Waals surface area contributed by atoms with E-state index >= 15 is 0 Å². The molecule has 0 spiro atoms. The standard InChI is InChI=1S/C15H15ClN2O3/c16-11-3-1-4-12(9-11)18-7-6-17(14(19)15(18)20)10-13-5-2-8-21-13/h1,3-4,6-7,9,13H,2,5,8,10H2. The van der Waals surface area contributed by atoms with Crippen molar-refractivity contribution in [1.29, 1.82) is 0 Å². The second-order valence-corrected chi connectivity index (χ2v) is 5.48. The molecular formula is C15H15ClN2O3. The fourth-order valence-electron chi connectivity index (χ4n) is 2.49. The molecule has 21 heavy (non-hydrogen) atoms. The first-order valence-corrected chi connectivity index (χ1v) is 7.22. The second kappa shape index (κ2) is 5.87. The molecule has 0 N–H and O–H groups in total. The van der Waals surface area contributed by atoms with Gasteiger partial charge in [0.1, 0.15) is 0 Å². The van der Waals surface area contributed by atoms with Crippen LogP contribution >= 0.6 is 11.6 Å². The van der Waals surface area contributed by atoms with Crippen LogP contribution in [0, 0.1) is 0 Å². The average molecular weight is 307 g/mol. The van der Waals surface area contributed by atoms with Gasteiger partial charge in [-0.2, -0.15) is 0 Å². The smallest absolute Gasteiger partial charge is 0.320 e. The number of hydrogen-bond acceptors (Lipinski definition) is 3. The number of rotatable bonds is 3. The van der Waals surface area contributed by atoms with Gasteiger partial charge in [-0.15, -0.1) is 0 Å². The van der Waals surface area contributed by atoms with Crippen molar-refractivity contribution >= 4 is 11.6 Å². The molecule has 5 nitrogen and oxygen atoms in total. The molecule has 3 rings (SSSR count). The summed E-state index contributed by atoms with van der Waals surface area (Å²) in [4.78, 5) is 24.4. The third-order valence-corrected chi connectivity index (χ3v) is 3.80. The van der Waals surface area contributed by atoms with Crippen molar-refractivity contribution in [1.82, 2.24) is 9.13 Å². The minimum Gasteiger partial charge on any atom is -0.376 e. The molecule has 1 aliphatic heterocycles. The van der Waals surface area contributed by atoms with Crippen LogP contribution in [0.15, 0.2) is 46.2 Å². The van der Waals surface area contributed by atoms with Crippen LogP contribution in [-0.2, 0) is 11.3 Å². The molecule has 0 saturated carbocycles. The van der Waals surface area contributed by atoms with Crippen molar-refractivity contribution in [2.24, 2.45) is 0 Å². The molecule has 1 unspecified atom stereocenters. The lowest BCUT2D eigenvalue weighted by molar-refractivity contribution is 0.0959. The van der Waals surface area contributed by atoms with Crippen LogP contribution in [0.25, 0.3) is 5.69 Å². The van der Waals surface area contributed by atoms with E-state index in [0.29, 0.717) is 17.3 Å². The van der Waals surface area contributed by atoms with Crippen molar-refractivity contribution in [3.63, 3.8) is 0 Å². The largest absolute Gasteiger partial charge is 0.376 e. The van der Waals surface area contributed by atoms with Gasteiger partial charge in [0.25, 0.3) is 0 Å². The second-order valence-electron chi connectivity index (χ2n) is 5.05. The lowest BCUT2D eigenvalue weighted by Crippen LogP contribution is -2.41. The van der Waals surface area contributed by atoms with Gasteiger partial charge < -0.3 is 9.30 Å². The minimum atomic E-state index is -0.585. The molecule has 0 radical (unpaired) electrons. The van der Waals surface area contributed by atoms with E-state index in [1.165, 1.54) is 9.13 Å². The van der Waals surface area contributed by atoms with E-state index in [1.54, 1.807) is 36.7 Å². The first-order chi connectivity index (χ1) is 10.1. The zero-order chi connectivity index (χ0) is 14.8. The van der Waals surface area contributed by atoms with Gasteiger partial charge in [0, 0.05) is 24.0 Å². The van der Waals surface area contributed by atoms with Crippen LogP contribution < -0.4 is 11.1 Å². The highest BCUT2D eigenvalue weighted by Gasteiger charge is 2.17. The Morgan fingerprint density at radius 1 is 1.24 bits per heavy atom. The number of ether oxygens (including phenoxy) is 1. The summed E-state index contributed by atoms with van der Waals surface area (Å²) in [5.41, 5.74) is -0.556. The molecule has 1 fully saturated rings. The third kappa shape index (κ3) is 2.94. The Kier molecular flexibility index (Phi) is 3.94. The predicted octanol–water partition coefficient (Wildman–Crippen LogP) is 1.83. The van der Waals surface area contributed by atoms with Gasteiger partial charge >= 0.3 is 11.1 Å². The summed E-state index contributed by atoms with van der Waals surface area (Å²) >= 11 is 5.92. The van der Waals surface area contributed by atoms with E-state index in [9.17, 15) is 9.59 Å². The van der Waals surface area contributed by atoms with Crippen LogP contribution in [0.1, 0.15) is 12.8 Å². The molecule has 0 amide bonds. The van der Waals surface area contributed by atoms with Crippen LogP contribution in [0.3, 0.4) is 0 Å². The predicted molar refractivity (Wildman–Crippen MR) is 80.3 cm³/mol. The number of benzene rings is 1. The molecule has 1 aliphatic rings. The summed E-state index contributed by atoms with van der Waals surface area (Å²) in [6.45, 7) is 1.14. The molecular weight excluding hydrogens is 292 g/mol. The fraction of sp³-hybridized carbons (Fsp3) is 0.333. The van der Waals surface area contributed by atoms with E-state index in [-0.39, 0.29) is 6.10 Å². The van der Waals surface area contributed by atoms with Crippen molar-refractivity contribution in [3.8, 4) is 5.69 Å². The Bertz CT molecular complexity index is 760. The van der Waals surface area contributed by atoms with E-state index < -0.39 is 11.1 Å². The summed E-state index contributed by atoms with van der Waals surface area (Å²) in [7, 11) is 0. The van der Waals surface area contributed by atoms with E-state index in [1.807, 2.05) is 0 Å². The van der Waals surface area contributed by atoms with Crippen molar-refractivity contribution in [3.05, 3.63) is 62.4 Å². The van der Waals surface area contributed by atoms with Crippen molar-refractivity contribution in [2.75, 3.05) is 6.61 Å². The molecule has 1 aromatic carbocycles. The molecule has 1 saturated heterocycles. The minimum absolute atomic E-state index is 0.0177. The van der Waals surface area contributed by atoms with Gasteiger partial charge in [0.15, 0.2) is 0 Å². The summed E-state index contributed by atoms with van der Waals surface area (Å²) in [5.74, 6) is 0. The SMILES string of the molecule is O=c1c(=O)n(-c2cccc(Cl)c2)ccn1CC1CCCO1. The van der Waals surface area contributed by atoms with Gasteiger partial charge in [-0.25, -0.2) is 0 Å². The number of halogens is 1. The van der Waals surface area contributed by atoms with Crippen molar-refractivity contribution < 1.29 is 4.74 Å². The third-order valence-electron chi connectivity index (χ3n) is 3.57. The first-order valence-electron chi connectivity index (χ1n) is 6.85. The molecule has 1 aromatic heterocycles. The normalized spacial score (nSPS) is 18.0. The molecule has 6 heteroatoms. The summed E-state index contributed by atoms with van der Waals surface area (Å²) in [6.07, 6.45) is 5.14. The zero-order valence-electron chi connectivity index (χ0n) is 11.4. The van der Waals surface area contributed by atoms with Gasteiger partial charge in [0.2, 0.25) is 0 Å². The summed E-state index contributed by atoms with van der Waals surface area (Å²) < 4.78 is 8.22. The topological polar surface area (TPSA) is 53.2 Å². The Hall–Kier alpha value is -1.85. The van der Waals surface area contributed by atoms with Crippen LogP contribution in [0.5, 0.6) is 0 Å². The molecule has 0 aliphatic carbocycles. The van der Waals surface area contributed by atoms with Gasteiger partial charge in [-0.3, -0.25) is 14.2 Å². The molecule has 2 aromatic rings. The maximum absolute atomic E-state index is 12.2. The van der Waals surface area contributed by atoms with E-state index in [2.05, 4.69) is 0 Å².